The number of hydrogen-bond donors (Lipinski definition) is 0. The van der Waals surface area contributed by atoms with Gasteiger partial charge in [-0.3, -0.25) is 9.59 Å². The maximum absolute atomic E-state index is 12.3. The molecule has 0 radical (unpaired) electrons. The van der Waals surface area contributed by atoms with E-state index in [9.17, 15) is 9.59 Å². The molecule has 5 heteroatoms. The Kier molecular flexibility index (Phi) is 5.52. The van der Waals surface area contributed by atoms with Crippen LogP contribution >= 0.6 is 0 Å². The number of esters is 1. The molecule has 132 valence electrons. The van der Waals surface area contributed by atoms with Crippen LogP contribution in [0.15, 0.2) is 12.1 Å². The van der Waals surface area contributed by atoms with E-state index in [1.807, 2.05) is 20.8 Å². The predicted molar refractivity (Wildman–Crippen MR) is 90.8 cm³/mol. The average molecular weight is 334 g/mol. The van der Waals surface area contributed by atoms with Gasteiger partial charge in [-0.05, 0) is 52.2 Å². The second kappa shape index (κ2) is 7.24. The standard InChI is InChI=1S/C19H26O5/c1-19(2,3)24-17(20)9-8-14-15(22-4)10-13(11-16(14)23-5)18(21)12-6-7-12/h10-12H,6-9H2,1-5H3. The molecule has 0 N–H and O–H groups in total. The summed E-state index contributed by atoms with van der Waals surface area (Å²) >= 11 is 0. The fourth-order valence-electron chi connectivity index (χ4n) is 2.57. The Labute approximate surface area is 143 Å². The molecule has 2 rings (SSSR count). The van der Waals surface area contributed by atoms with Gasteiger partial charge in [0.1, 0.15) is 17.1 Å². The van der Waals surface area contributed by atoms with Crippen molar-refractivity contribution < 1.29 is 23.8 Å². The van der Waals surface area contributed by atoms with Crippen molar-refractivity contribution in [2.24, 2.45) is 5.92 Å². The van der Waals surface area contributed by atoms with E-state index in [1.54, 1.807) is 26.4 Å². The number of carbonyl (C=O) groups is 2. The van der Waals surface area contributed by atoms with Crippen molar-refractivity contribution in [1.29, 1.82) is 0 Å². The fourth-order valence-corrected chi connectivity index (χ4v) is 2.57. The molecule has 0 spiro atoms. The Morgan fingerprint density at radius 1 is 1.08 bits per heavy atom. The first-order chi connectivity index (χ1) is 11.2. The molecule has 1 saturated carbocycles. The molecule has 5 nitrogen and oxygen atoms in total. The molecule has 24 heavy (non-hydrogen) atoms. The van der Waals surface area contributed by atoms with Gasteiger partial charge in [-0.2, -0.15) is 0 Å². The smallest absolute Gasteiger partial charge is 0.306 e. The molecule has 0 atom stereocenters. The zero-order valence-corrected chi connectivity index (χ0v) is 15.1. The lowest BCUT2D eigenvalue weighted by Gasteiger charge is -2.20. The highest BCUT2D eigenvalue weighted by molar-refractivity contribution is 6.00. The maximum Gasteiger partial charge on any atom is 0.306 e. The summed E-state index contributed by atoms with van der Waals surface area (Å²) in [6.07, 6.45) is 2.55. The highest BCUT2D eigenvalue weighted by atomic mass is 16.6. The molecule has 0 saturated heterocycles. The summed E-state index contributed by atoms with van der Waals surface area (Å²) in [6.45, 7) is 5.51. The van der Waals surface area contributed by atoms with Crippen LogP contribution in [-0.2, 0) is 16.0 Å². The number of methoxy groups -OCH3 is 2. The summed E-state index contributed by atoms with van der Waals surface area (Å²) in [6, 6.07) is 3.49. The van der Waals surface area contributed by atoms with Gasteiger partial charge >= 0.3 is 5.97 Å². The van der Waals surface area contributed by atoms with E-state index in [2.05, 4.69) is 0 Å². The van der Waals surface area contributed by atoms with Crippen LogP contribution in [0, 0.1) is 5.92 Å². The van der Waals surface area contributed by atoms with Gasteiger partial charge in [-0.25, -0.2) is 0 Å². The normalized spacial score (nSPS) is 14.2. The van der Waals surface area contributed by atoms with E-state index >= 15 is 0 Å². The molecule has 1 aromatic rings. The lowest BCUT2D eigenvalue weighted by Crippen LogP contribution is -2.24. The van der Waals surface area contributed by atoms with Crippen LogP contribution in [0.5, 0.6) is 11.5 Å². The van der Waals surface area contributed by atoms with Gasteiger partial charge in [0.05, 0.1) is 14.2 Å². The largest absolute Gasteiger partial charge is 0.496 e. The highest BCUT2D eigenvalue weighted by Gasteiger charge is 2.31. The van der Waals surface area contributed by atoms with Gasteiger partial charge in [0.2, 0.25) is 0 Å². The molecule has 0 unspecified atom stereocenters. The van der Waals surface area contributed by atoms with Crippen molar-refractivity contribution in [1.82, 2.24) is 0 Å². The Bertz CT molecular complexity index is 598. The van der Waals surface area contributed by atoms with Crippen LogP contribution in [0.2, 0.25) is 0 Å². The molecule has 1 fully saturated rings. The summed E-state index contributed by atoms with van der Waals surface area (Å²) in [5.41, 5.74) is 0.872. The molecule has 0 aromatic heterocycles. The van der Waals surface area contributed by atoms with E-state index in [0.717, 1.165) is 18.4 Å². The van der Waals surface area contributed by atoms with Crippen molar-refractivity contribution in [3.05, 3.63) is 23.3 Å². The van der Waals surface area contributed by atoms with Gasteiger partial charge in [0.25, 0.3) is 0 Å². The first-order valence-electron chi connectivity index (χ1n) is 8.26. The van der Waals surface area contributed by atoms with Crippen LogP contribution < -0.4 is 9.47 Å². The third-order valence-electron chi connectivity index (χ3n) is 3.84. The maximum atomic E-state index is 12.3. The van der Waals surface area contributed by atoms with Crippen molar-refractivity contribution in [2.75, 3.05) is 14.2 Å². The molecule has 1 aliphatic rings. The van der Waals surface area contributed by atoms with Gasteiger partial charge in [-0.15, -0.1) is 0 Å². The minimum absolute atomic E-state index is 0.130. The fraction of sp³-hybridized carbons (Fsp3) is 0.579. The summed E-state index contributed by atoms with van der Waals surface area (Å²) in [4.78, 5) is 24.2. The van der Waals surface area contributed by atoms with Crippen LogP contribution in [-0.4, -0.2) is 31.6 Å². The number of ketones is 1. The lowest BCUT2D eigenvalue weighted by molar-refractivity contribution is -0.154. The molecule has 0 bridgehead atoms. The summed E-state index contributed by atoms with van der Waals surface area (Å²) in [5, 5.41) is 0. The molecule has 1 aliphatic carbocycles. The van der Waals surface area contributed by atoms with E-state index < -0.39 is 5.60 Å². The Morgan fingerprint density at radius 3 is 2.04 bits per heavy atom. The van der Waals surface area contributed by atoms with E-state index in [1.165, 1.54) is 0 Å². The lowest BCUT2D eigenvalue weighted by atomic mass is 10.00. The van der Waals surface area contributed by atoms with Crippen LogP contribution in [0.25, 0.3) is 0 Å². The van der Waals surface area contributed by atoms with E-state index in [-0.39, 0.29) is 24.1 Å². The van der Waals surface area contributed by atoms with E-state index in [0.29, 0.717) is 23.5 Å². The van der Waals surface area contributed by atoms with Gasteiger partial charge < -0.3 is 14.2 Å². The quantitative estimate of drug-likeness (QED) is 0.563. The Morgan fingerprint density at radius 2 is 1.62 bits per heavy atom. The Hall–Kier alpha value is -2.04. The monoisotopic (exact) mass is 334 g/mol. The molecular weight excluding hydrogens is 308 g/mol. The van der Waals surface area contributed by atoms with Crippen LogP contribution in [0.3, 0.4) is 0 Å². The number of hydrogen-bond acceptors (Lipinski definition) is 5. The number of benzene rings is 1. The summed E-state index contributed by atoms with van der Waals surface area (Å²) < 4.78 is 16.2. The predicted octanol–water partition coefficient (Wildman–Crippen LogP) is 3.57. The number of ether oxygens (including phenoxy) is 3. The number of rotatable bonds is 7. The first kappa shape index (κ1) is 18.3. The number of Topliss-reactive ketones (excluding diaryl/α,β-unsaturated/α-hetero) is 1. The van der Waals surface area contributed by atoms with Crippen LogP contribution in [0.1, 0.15) is 56.0 Å². The third-order valence-corrected chi connectivity index (χ3v) is 3.84. The van der Waals surface area contributed by atoms with Crippen molar-refractivity contribution in [2.45, 2.75) is 52.1 Å². The second-order valence-electron chi connectivity index (χ2n) is 7.08. The van der Waals surface area contributed by atoms with Crippen molar-refractivity contribution in [3.63, 3.8) is 0 Å². The SMILES string of the molecule is COc1cc(C(=O)C2CC2)cc(OC)c1CCC(=O)OC(C)(C)C. The molecule has 0 aliphatic heterocycles. The van der Waals surface area contributed by atoms with Gasteiger partial charge in [0, 0.05) is 23.5 Å². The minimum atomic E-state index is -0.508. The minimum Gasteiger partial charge on any atom is -0.496 e. The second-order valence-corrected chi connectivity index (χ2v) is 7.08. The van der Waals surface area contributed by atoms with Crippen LogP contribution in [0.4, 0.5) is 0 Å². The molecule has 0 heterocycles. The summed E-state index contributed by atoms with van der Waals surface area (Å²) in [7, 11) is 3.11. The first-order valence-corrected chi connectivity index (χ1v) is 8.26. The molecule has 1 aromatic carbocycles. The average Bonchev–Trinajstić information content (AvgIpc) is 3.34. The van der Waals surface area contributed by atoms with Gasteiger partial charge in [0.15, 0.2) is 5.78 Å². The zero-order valence-electron chi connectivity index (χ0n) is 15.1. The molecule has 0 amide bonds. The zero-order chi connectivity index (χ0) is 17.9. The topological polar surface area (TPSA) is 61.8 Å². The number of carbonyl (C=O) groups excluding carboxylic acids is 2. The van der Waals surface area contributed by atoms with E-state index in [4.69, 9.17) is 14.2 Å². The van der Waals surface area contributed by atoms with Crippen molar-refractivity contribution >= 4 is 11.8 Å². The van der Waals surface area contributed by atoms with Crippen molar-refractivity contribution in [3.8, 4) is 11.5 Å². The molecular formula is C19H26O5. The van der Waals surface area contributed by atoms with Gasteiger partial charge in [-0.1, -0.05) is 0 Å². The Balaban J connectivity index is 2.18. The summed E-state index contributed by atoms with van der Waals surface area (Å²) in [5.74, 6) is 1.13. The third kappa shape index (κ3) is 4.73. The highest BCUT2D eigenvalue weighted by Crippen LogP contribution is 2.37.